The lowest BCUT2D eigenvalue weighted by molar-refractivity contribution is -0.135. The Morgan fingerprint density at radius 1 is 1.39 bits per heavy atom. The summed E-state index contributed by atoms with van der Waals surface area (Å²) in [6.45, 7) is 3.52. The summed E-state index contributed by atoms with van der Waals surface area (Å²) >= 11 is 0. The molecule has 18 heavy (non-hydrogen) atoms. The molecule has 6 nitrogen and oxygen atoms in total. The number of nitrogens with zero attached hydrogens (tertiary/aromatic N) is 1. The molecule has 1 atom stereocenters. The Kier molecular flexibility index (Phi) is 4.54. The zero-order valence-corrected chi connectivity index (χ0v) is 10.9. The lowest BCUT2D eigenvalue weighted by Gasteiger charge is -2.41. The first-order chi connectivity index (χ1) is 8.72. The van der Waals surface area contributed by atoms with Crippen molar-refractivity contribution in [1.82, 2.24) is 20.9 Å². The van der Waals surface area contributed by atoms with Gasteiger partial charge in [-0.3, -0.25) is 14.5 Å². The second kappa shape index (κ2) is 6.15. The largest absolute Gasteiger partial charge is 0.359 e. The van der Waals surface area contributed by atoms with Gasteiger partial charge in [-0.2, -0.15) is 0 Å². The highest BCUT2D eigenvalue weighted by molar-refractivity contribution is 5.88. The Morgan fingerprint density at radius 3 is 2.78 bits per heavy atom. The van der Waals surface area contributed by atoms with Gasteiger partial charge in [-0.15, -0.1) is 0 Å². The number of piperidine rings is 1. The van der Waals surface area contributed by atoms with E-state index in [-0.39, 0.29) is 24.3 Å². The number of carbonyl (C=O) groups excluding carboxylic acids is 2. The van der Waals surface area contributed by atoms with E-state index in [2.05, 4.69) is 20.9 Å². The highest BCUT2D eigenvalue weighted by Crippen LogP contribution is 2.19. The molecule has 6 heteroatoms. The minimum Gasteiger partial charge on any atom is -0.359 e. The highest BCUT2D eigenvalue weighted by atomic mass is 16.2. The SMILES string of the molecule is CNC(=O)C[C@@H]1C(=O)NCCN1C1CCNCC1. The van der Waals surface area contributed by atoms with Crippen molar-refractivity contribution in [3.8, 4) is 0 Å². The number of hydrogen-bond acceptors (Lipinski definition) is 4. The van der Waals surface area contributed by atoms with Crippen molar-refractivity contribution in [3.05, 3.63) is 0 Å². The maximum Gasteiger partial charge on any atom is 0.237 e. The van der Waals surface area contributed by atoms with Crippen LogP contribution >= 0.6 is 0 Å². The highest BCUT2D eigenvalue weighted by Gasteiger charge is 2.35. The molecule has 3 N–H and O–H groups in total. The van der Waals surface area contributed by atoms with E-state index in [1.54, 1.807) is 7.05 Å². The number of carbonyl (C=O) groups is 2. The van der Waals surface area contributed by atoms with Crippen LogP contribution in [-0.4, -0.2) is 62.0 Å². The van der Waals surface area contributed by atoms with Crippen LogP contribution in [0.4, 0.5) is 0 Å². The number of nitrogens with one attached hydrogen (secondary N) is 3. The van der Waals surface area contributed by atoms with Gasteiger partial charge in [0.05, 0.1) is 12.5 Å². The van der Waals surface area contributed by atoms with Gasteiger partial charge in [0.15, 0.2) is 0 Å². The molecule has 0 aromatic rings. The van der Waals surface area contributed by atoms with Crippen molar-refractivity contribution in [2.45, 2.75) is 31.3 Å². The summed E-state index contributed by atoms with van der Waals surface area (Å²) in [5, 5.41) is 8.78. The summed E-state index contributed by atoms with van der Waals surface area (Å²) in [5.41, 5.74) is 0. The number of rotatable bonds is 3. The fourth-order valence-corrected chi connectivity index (χ4v) is 2.80. The zero-order valence-electron chi connectivity index (χ0n) is 10.9. The fourth-order valence-electron chi connectivity index (χ4n) is 2.80. The Hall–Kier alpha value is -1.14. The smallest absolute Gasteiger partial charge is 0.237 e. The molecule has 2 aliphatic rings. The van der Waals surface area contributed by atoms with Crippen LogP contribution in [-0.2, 0) is 9.59 Å². The van der Waals surface area contributed by atoms with Gasteiger partial charge in [0.25, 0.3) is 0 Å². The molecule has 2 heterocycles. The van der Waals surface area contributed by atoms with E-state index >= 15 is 0 Å². The van der Waals surface area contributed by atoms with Crippen LogP contribution in [0, 0.1) is 0 Å². The molecular formula is C12H22N4O2. The van der Waals surface area contributed by atoms with Crippen molar-refractivity contribution in [1.29, 1.82) is 0 Å². The average Bonchev–Trinajstić information content (AvgIpc) is 2.42. The zero-order chi connectivity index (χ0) is 13.0. The van der Waals surface area contributed by atoms with Gasteiger partial charge in [0, 0.05) is 26.2 Å². The minimum atomic E-state index is -0.304. The molecule has 0 aliphatic carbocycles. The van der Waals surface area contributed by atoms with Gasteiger partial charge in [0.1, 0.15) is 0 Å². The Bertz CT molecular complexity index is 315. The number of amides is 2. The third-order valence-corrected chi connectivity index (χ3v) is 3.81. The van der Waals surface area contributed by atoms with Crippen molar-refractivity contribution >= 4 is 11.8 Å². The van der Waals surface area contributed by atoms with Crippen molar-refractivity contribution < 1.29 is 9.59 Å². The summed E-state index contributed by atoms with van der Waals surface area (Å²) in [7, 11) is 1.61. The number of hydrogen-bond donors (Lipinski definition) is 3. The maximum absolute atomic E-state index is 12.0. The monoisotopic (exact) mass is 254 g/mol. The molecule has 102 valence electrons. The van der Waals surface area contributed by atoms with Crippen LogP contribution in [0.1, 0.15) is 19.3 Å². The molecule has 0 aromatic heterocycles. The fraction of sp³-hybridized carbons (Fsp3) is 0.833. The predicted molar refractivity (Wildman–Crippen MR) is 68.1 cm³/mol. The van der Waals surface area contributed by atoms with Crippen molar-refractivity contribution in [2.24, 2.45) is 0 Å². The predicted octanol–water partition coefficient (Wildman–Crippen LogP) is -1.33. The minimum absolute atomic E-state index is 0.0108. The molecule has 0 unspecified atom stereocenters. The Morgan fingerprint density at radius 2 is 2.11 bits per heavy atom. The van der Waals surface area contributed by atoms with E-state index in [1.165, 1.54) is 0 Å². The summed E-state index contributed by atoms with van der Waals surface area (Å²) in [5.74, 6) is -0.0839. The van der Waals surface area contributed by atoms with E-state index in [4.69, 9.17) is 0 Å². The summed E-state index contributed by atoms with van der Waals surface area (Å²) in [4.78, 5) is 25.7. The standard InChI is InChI=1S/C12H22N4O2/c1-13-11(17)8-10-12(18)15-6-7-16(10)9-2-4-14-5-3-9/h9-10,14H,2-8H2,1H3,(H,13,17)(H,15,18)/t10-/m1/s1. The van der Waals surface area contributed by atoms with Gasteiger partial charge >= 0.3 is 0 Å². The first-order valence-electron chi connectivity index (χ1n) is 6.67. The molecule has 2 amide bonds. The van der Waals surface area contributed by atoms with Crippen LogP contribution < -0.4 is 16.0 Å². The van der Waals surface area contributed by atoms with Crippen LogP contribution in [0.2, 0.25) is 0 Å². The third-order valence-electron chi connectivity index (χ3n) is 3.81. The lowest BCUT2D eigenvalue weighted by Crippen LogP contribution is -2.60. The molecule has 0 saturated carbocycles. The second-order valence-corrected chi connectivity index (χ2v) is 4.90. The first kappa shape index (κ1) is 13.3. The molecular weight excluding hydrogens is 232 g/mol. The van der Waals surface area contributed by atoms with Gasteiger partial charge in [-0.05, 0) is 25.9 Å². The van der Waals surface area contributed by atoms with E-state index < -0.39 is 0 Å². The molecule has 0 bridgehead atoms. The van der Waals surface area contributed by atoms with Crippen LogP contribution in [0.5, 0.6) is 0 Å². The van der Waals surface area contributed by atoms with Crippen molar-refractivity contribution in [3.63, 3.8) is 0 Å². The summed E-state index contributed by atoms with van der Waals surface area (Å²) in [6, 6.07) is 0.119. The molecule has 0 spiro atoms. The quantitative estimate of drug-likeness (QED) is 0.584. The summed E-state index contributed by atoms with van der Waals surface area (Å²) < 4.78 is 0. The Balaban J connectivity index is 2.03. The van der Waals surface area contributed by atoms with Crippen LogP contribution in [0.3, 0.4) is 0 Å². The topological polar surface area (TPSA) is 73.5 Å². The van der Waals surface area contributed by atoms with Gasteiger partial charge in [0.2, 0.25) is 11.8 Å². The Labute approximate surface area is 107 Å². The van der Waals surface area contributed by atoms with Gasteiger partial charge in [-0.25, -0.2) is 0 Å². The molecule has 0 aromatic carbocycles. The van der Waals surface area contributed by atoms with E-state index in [0.717, 1.165) is 32.5 Å². The second-order valence-electron chi connectivity index (χ2n) is 4.90. The van der Waals surface area contributed by atoms with Crippen LogP contribution in [0.25, 0.3) is 0 Å². The van der Waals surface area contributed by atoms with E-state index in [9.17, 15) is 9.59 Å². The van der Waals surface area contributed by atoms with E-state index in [0.29, 0.717) is 12.6 Å². The molecule has 2 fully saturated rings. The normalized spacial score (nSPS) is 26.7. The van der Waals surface area contributed by atoms with E-state index in [1.807, 2.05) is 0 Å². The molecule has 2 aliphatic heterocycles. The molecule has 0 radical (unpaired) electrons. The summed E-state index contributed by atoms with van der Waals surface area (Å²) in [6.07, 6.45) is 2.36. The lowest BCUT2D eigenvalue weighted by atomic mass is 9.99. The van der Waals surface area contributed by atoms with Crippen LogP contribution in [0.15, 0.2) is 0 Å². The number of piperazine rings is 1. The molecule has 2 rings (SSSR count). The van der Waals surface area contributed by atoms with Gasteiger partial charge in [-0.1, -0.05) is 0 Å². The van der Waals surface area contributed by atoms with Gasteiger partial charge < -0.3 is 16.0 Å². The maximum atomic E-state index is 12.0. The third kappa shape index (κ3) is 3.00. The molecule has 2 saturated heterocycles. The first-order valence-corrected chi connectivity index (χ1v) is 6.67. The average molecular weight is 254 g/mol. The van der Waals surface area contributed by atoms with Crippen molar-refractivity contribution in [2.75, 3.05) is 33.2 Å².